The predicted molar refractivity (Wildman–Crippen MR) is 136 cm³/mol. The topological polar surface area (TPSA) is 92.6 Å². The summed E-state index contributed by atoms with van der Waals surface area (Å²) in [6.07, 6.45) is 0.156. The van der Waals surface area contributed by atoms with Gasteiger partial charge in [0.05, 0.1) is 29.5 Å². The van der Waals surface area contributed by atoms with Crippen LogP contribution in [0.5, 0.6) is 5.75 Å². The number of hydrogen-bond donors (Lipinski definition) is 1. The molecule has 0 unspecified atom stereocenters. The number of aryl methyl sites for hydroxylation is 1. The van der Waals surface area contributed by atoms with Crippen molar-refractivity contribution in [1.29, 1.82) is 0 Å². The summed E-state index contributed by atoms with van der Waals surface area (Å²) in [6.45, 7) is 3.30. The molecule has 5 rings (SSSR count). The number of fused-ring (bicyclic) bond motifs is 2. The Morgan fingerprint density at radius 3 is 2.51 bits per heavy atom. The minimum atomic E-state index is -1.17. The zero-order valence-corrected chi connectivity index (χ0v) is 20.1. The highest BCUT2D eigenvalue weighted by Crippen LogP contribution is 2.34. The molecule has 8 heteroatoms. The first-order valence-corrected chi connectivity index (χ1v) is 11.9. The number of hydrogen-bond acceptors (Lipinski definition) is 7. The summed E-state index contributed by atoms with van der Waals surface area (Å²) in [5, 5.41) is 10.3. The van der Waals surface area contributed by atoms with E-state index < -0.39 is 5.97 Å². The number of ketones is 1. The Labute approximate surface area is 206 Å². The summed E-state index contributed by atoms with van der Waals surface area (Å²) in [7, 11) is 1.99. The summed E-state index contributed by atoms with van der Waals surface area (Å²) >= 11 is 1.06. The molecule has 0 radical (unpaired) electrons. The number of aliphatic carboxylic acids is 1. The van der Waals surface area contributed by atoms with Crippen molar-refractivity contribution >= 4 is 45.8 Å². The molecule has 3 aromatic carbocycles. The number of allylic oxidation sites excluding steroid dienone is 1. The summed E-state index contributed by atoms with van der Waals surface area (Å²) in [5.41, 5.74) is 5.09. The van der Waals surface area contributed by atoms with Crippen molar-refractivity contribution in [2.45, 2.75) is 13.3 Å². The third kappa shape index (κ3) is 4.52. The van der Waals surface area contributed by atoms with Gasteiger partial charge in [0.1, 0.15) is 23.4 Å². The average Bonchev–Trinajstić information content (AvgIpc) is 3.32. The maximum absolute atomic E-state index is 13.8. The maximum atomic E-state index is 13.8. The van der Waals surface area contributed by atoms with E-state index in [1.54, 1.807) is 30.3 Å². The van der Waals surface area contributed by atoms with Crippen LogP contribution in [0.25, 0.3) is 16.6 Å². The molecule has 0 fully saturated rings. The van der Waals surface area contributed by atoms with Gasteiger partial charge in [-0.3, -0.25) is 4.79 Å². The Balaban J connectivity index is 1.66. The van der Waals surface area contributed by atoms with E-state index in [1.165, 1.54) is 0 Å². The number of Topliss-reactive ketones (excluding diaryl/α,β-unsaturated/α-hetero) is 1. The van der Waals surface area contributed by atoms with Gasteiger partial charge in [0, 0.05) is 24.6 Å². The van der Waals surface area contributed by atoms with Crippen LogP contribution in [0.1, 0.15) is 27.0 Å². The quantitative estimate of drug-likeness (QED) is 0.310. The van der Waals surface area contributed by atoms with Crippen molar-refractivity contribution in [3.05, 3.63) is 88.5 Å². The number of likely N-dealkylation sites (N-methyl/N-ethyl adjacent to an activating group) is 1. The van der Waals surface area contributed by atoms with Crippen molar-refractivity contribution in [2.24, 2.45) is 0 Å². The van der Waals surface area contributed by atoms with Crippen LogP contribution in [0.15, 0.2) is 66.2 Å². The minimum absolute atomic E-state index is 0.0344. The number of anilines is 1. The Bertz CT molecular complexity index is 1470. The van der Waals surface area contributed by atoms with E-state index >= 15 is 0 Å². The molecular weight excluding hydrogens is 462 g/mol. The summed E-state index contributed by atoms with van der Waals surface area (Å²) < 4.78 is 14.2. The number of carboxylic acids is 1. The smallest absolute Gasteiger partial charge is 0.336 e. The number of carboxylic acid groups (broad SMARTS) is 1. The van der Waals surface area contributed by atoms with Gasteiger partial charge in [0.25, 0.3) is 0 Å². The van der Waals surface area contributed by atoms with Crippen molar-refractivity contribution in [3.8, 4) is 5.75 Å². The Morgan fingerprint density at radius 2 is 1.74 bits per heavy atom. The van der Waals surface area contributed by atoms with E-state index in [0.717, 1.165) is 40.8 Å². The van der Waals surface area contributed by atoms with Crippen LogP contribution < -0.4 is 9.64 Å². The molecular formula is C27H23N3O4S. The fourth-order valence-corrected chi connectivity index (χ4v) is 4.75. The number of carbonyl (C=O) groups is 2. The lowest BCUT2D eigenvalue weighted by atomic mass is 9.89. The van der Waals surface area contributed by atoms with Gasteiger partial charge in [-0.2, -0.15) is 8.75 Å². The average molecular weight is 486 g/mol. The first-order valence-electron chi connectivity index (χ1n) is 11.2. The fourth-order valence-electron chi connectivity index (χ4n) is 4.24. The number of ether oxygens (including phenoxy) is 1. The zero-order chi connectivity index (χ0) is 24.5. The van der Waals surface area contributed by atoms with Crippen LogP contribution in [0, 0.1) is 6.92 Å². The number of rotatable bonds is 6. The maximum Gasteiger partial charge on any atom is 0.336 e. The lowest BCUT2D eigenvalue weighted by molar-refractivity contribution is -0.130. The van der Waals surface area contributed by atoms with E-state index in [2.05, 4.69) is 13.6 Å². The van der Waals surface area contributed by atoms with Gasteiger partial charge in [-0.05, 0) is 42.3 Å². The van der Waals surface area contributed by atoms with Gasteiger partial charge in [-0.25, -0.2) is 4.79 Å². The highest BCUT2D eigenvalue weighted by atomic mass is 32.1. The molecule has 35 heavy (non-hydrogen) atoms. The highest BCUT2D eigenvalue weighted by Gasteiger charge is 2.25. The van der Waals surface area contributed by atoms with Gasteiger partial charge in [0.15, 0.2) is 5.78 Å². The summed E-state index contributed by atoms with van der Waals surface area (Å²) in [4.78, 5) is 28.5. The van der Waals surface area contributed by atoms with Crippen LogP contribution >= 0.6 is 11.7 Å². The largest absolute Gasteiger partial charge is 0.490 e. The van der Waals surface area contributed by atoms with E-state index in [9.17, 15) is 14.7 Å². The van der Waals surface area contributed by atoms with Gasteiger partial charge < -0.3 is 14.7 Å². The van der Waals surface area contributed by atoms with Gasteiger partial charge >= 0.3 is 5.97 Å². The van der Waals surface area contributed by atoms with Gasteiger partial charge in [0.2, 0.25) is 0 Å². The second-order valence-electron chi connectivity index (χ2n) is 8.57. The van der Waals surface area contributed by atoms with E-state index in [0.29, 0.717) is 28.8 Å². The Kier molecular flexibility index (Phi) is 6.05. The van der Waals surface area contributed by atoms with E-state index in [-0.39, 0.29) is 23.4 Å². The van der Waals surface area contributed by atoms with Crippen molar-refractivity contribution in [1.82, 2.24) is 8.75 Å². The van der Waals surface area contributed by atoms with E-state index in [4.69, 9.17) is 4.74 Å². The summed E-state index contributed by atoms with van der Waals surface area (Å²) in [5.74, 6) is -0.708. The molecule has 0 spiro atoms. The summed E-state index contributed by atoms with van der Waals surface area (Å²) in [6, 6.07) is 18.0. The van der Waals surface area contributed by atoms with Crippen molar-refractivity contribution < 1.29 is 19.4 Å². The van der Waals surface area contributed by atoms with E-state index in [1.807, 2.05) is 44.3 Å². The number of carbonyl (C=O) groups excluding carboxylic acids is 1. The number of nitrogens with zero attached hydrogens (tertiary/aromatic N) is 3. The van der Waals surface area contributed by atoms with Crippen LogP contribution in [-0.2, 0) is 11.2 Å². The lowest BCUT2D eigenvalue weighted by Gasteiger charge is -2.28. The first-order chi connectivity index (χ1) is 16.9. The van der Waals surface area contributed by atoms with Crippen molar-refractivity contribution in [3.63, 3.8) is 0 Å². The fraction of sp³-hybridized carbons (Fsp3) is 0.185. The molecule has 4 aromatic rings. The molecule has 0 atom stereocenters. The van der Waals surface area contributed by atoms with Gasteiger partial charge in [-0.15, -0.1) is 0 Å². The molecule has 0 saturated carbocycles. The second-order valence-corrected chi connectivity index (χ2v) is 9.10. The van der Waals surface area contributed by atoms with Crippen LogP contribution in [0.2, 0.25) is 0 Å². The Hall–Kier alpha value is -4.04. The number of benzene rings is 3. The minimum Gasteiger partial charge on any atom is -0.490 e. The molecule has 1 aliphatic heterocycles. The molecule has 1 aliphatic rings. The molecule has 176 valence electrons. The molecule has 0 aliphatic carbocycles. The molecule has 1 N–H and O–H groups in total. The second kappa shape index (κ2) is 9.31. The van der Waals surface area contributed by atoms with Crippen LogP contribution in [-0.4, -0.2) is 45.8 Å². The van der Waals surface area contributed by atoms with Crippen LogP contribution in [0.4, 0.5) is 5.69 Å². The SMILES string of the molecule is Cc1ccc(C(=O)C(Cc2ccc3c(c2)N(C)CCO3)=C(C(=O)O)c2ccc3nsnc3c2)cc1. The first kappa shape index (κ1) is 22.7. The molecule has 1 aromatic heterocycles. The number of aromatic nitrogens is 2. The molecule has 7 nitrogen and oxygen atoms in total. The molecule has 0 bridgehead atoms. The lowest BCUT2D eigenvalue weighted by Crippen LogP contribution is -2.28. The molecule has 2 heterocycles. The predicted octanol–water partition coefficient (Wildman–Crippen LogP) is 4.79. The Morgan fingerprint density at radius 1 is 1.00 bits per heavy atom. The normalized spacial score (nSPS) is 13.7. The van der Waals surface area contributed by atoms with Crippen molar-refractivity contribution in [2.75, 3.05) is 25.1 Å². The molecule has 0 amide bonds. The van der Waals surface area contributed by atoms with Crippen LogP contribution in [0.3, 0.4) is 0 Å². The monoisotopic (exact) mass is 485 g/mol. The highest BCUT2D eigenvalue weighted by molar-refractivity contribution is 7.00. The van der Waals surface area contributed by atoms with Gasteiger partial charge in [-0.1, -0.05) is 42.0 Å². The zero-order valence-electron chi connectivity index (χ0n) is 19.3. The standard InChI is InChI=1S/C27H23N3O4S/c1-16-3-6-18(7-4-16)26(31)20(13-17-5-10-24-23(14-17)30(2)11-12-34-24)25(27(32)33)19-8-9-21-22(15-19)29-35-28-21/h3-10,14-15H,11-13H2,1-2H3,(H,32,33). The third-order valence-electron chi connectivity index (χ3n) is 6.15. The third-order valence-corrected chi connectivity index (χ3v) is 6.70. The molecule has 0 saturated heterocycles.